The SMILES string of the molecule is Cc1ccc(-c2cc(C(=O)NC3CCS(=O)(=O)C3)no2)cc1C. The van der Waals surface area contributed by atoms with Gasteiger partial charge >= 0.3 is 0 Å². The van der Waals surface area contributed by atoms with Crippen LogP contribution in [0.25, 0.3) is 11.3 Å². The maximum absolute atomic E-state index is 12.1. The van der Waals surface area contributed by atoms with E-state index in [4.69, 9.17) is 4.52 Å². The smallest absolute Gasteiger partial charge is 0.273 e. The molecule has 1 aromatic carbocycles. The molecule has 7 heteroatoms. The third kappa shape index (κ3) is 3.44. The van der Waals surface area contributed by atoms with Gasteiger partial charge in [0.25, 0.3) is 5.91 Å². The Morgan fingerprint density at radius 3 is 2.70 bits per heavy atom. The number of aryl methyl sites for hydroxylation is 2. The average molecular weight is 334 g/mol. The van der Waals surface area contributed by atoms with Gasteiger partial charge in [0.05, 0.1) is 11.5 Å². The fourth-order valence-corrected chi connectivity index (χ4v) is 4.25. The summed E-state index contributed by atoms with van der Waals surface area (Å²) in [5.74, 6) is 0.203. The van der Waals surface area contributed by atoms with Gasteiger partial charge in [-0.1, -0.05) is 17.3 Å². The molecule has 122 valence electrons. The topological polar surface area (TPSA) is 89.3 Å². The number of amides is 1. The minimum Gasteiger partial charge on any atom is -0.355 e. The molecule has 0 bridgehead atoms. The largest absolute Gasteiger partial charge is 0.355 e. The van der Waals surface area contributed by atoms with Crippen LogP contribution in [-0.2, 0) is 9.84 Å². The Balaban J connectivity index is 1.73. The quantitative estimate of drug-likeness (QED) is 0.925. The van der Waals surface area contributed by atoms with Crippen LogP contribution in [0.2, 0.25) is 0 Å². The molecule has 1 unspecified atom stereocenters. The molecule has 1 N–H and O–H groups in total. The number of benzene rings is 1. The van der Waals surface area contributed by atoms with Crippen molar-refractivity contribution in [2.24, 2.45) is 0 Å². The fourth-order valence-electron chi connectivity index (χ4n) is 2.58. The van der Waals surface area contributed by atoms with Gasteiger partial charge in [0.2, 0.25) is 0 Å². The van der Waals surface area contributed by atoms with Gasteiger partial charge < -0.3 is 9.84 Å². The Kier molecular flexibility index (Phi) is 3.97. The Labute approximate surface area is 134 Å². The number of rotatable bonds is 3. The average Bonchev–Trinajstić information content (AvgIpc) is 3.09. The van der Waals surface area contributed by atoms with Gasteiger partial charge in [-0.3, -0.25) is 4.79 Å². The summed E-state index contributed by atoms with van der Waals surface area (Å²) in [6, 6.07) is 7.09. The number of carbonyl (C=O) groups excluding carboxylic acids is 1. The van der Waals surface area contributed by atoms with E-state index in [2.05, 4.69) is 10.5 Å². The molecule has 1 fully saturated rings. The third-order valence-corrected chi connectivity index (χ3v) is 5.87. The highest BCUT2D eigenvalue weighted by molar-refractivity contribution is 7.91. The molecule has 1 aliphatic heterocycles. The first-order chi connectivity index (χ1) is 10.8. The standard InChI is InChI=1S/C16H18N2O4S/c1-10-3-4-12(7-11(10)2)15-8-14(18-22-15)16(19)17-13-5-6-23(20,21)9-13/h3-4,7-8,13H,5-6,9H2,1-2H3,(H,17,19). The van der Waals surface area contributed by atoms with Gasteiger partial charge in [-0.2, -0.15) is 0 Å². The molecule has 1 aliphatic rings. The lowest BCUT2D eigenvalue weighted by molar-refractivity contribution is 0.0932. The molecule has 3 rings (SSSR count). The van der Waals surface area contributed by atoms with Crippen LogP contribution in [0.5, 0.6) is 0 Å². The molecule has 2 heterocycles. The molecule has 6 nitrogen and oxygen atoms in total. The predicted octanol–water partition coefficient (Wildman–Crippen LogP) is 1.88. The van der Waals surface area contributed by atoms with Crippen LogP contribution in [0.4, 0.5) is 0 Å². The first-order valence-electron chi connectivity index (χ1n) is 7.40. The van der Waals surface area contributed by atoms with E-state index in [-0.39, 0.29) is 23.2 Å². The van der Waals surface area contributed by atoms with Crippen molar-refractivity contribution in [3.63, 3.8) is 0 Å². The van der Waals surface area contributed by atoms with E-state index in [0.29, 0.717) is 12.2 Å². The van der Waals surface area contributed by atoms with E-state index in [9.17, 15) is 13.2 Å². The first kappa shape index (κ1) is 15.7. The number of sulfone groups is 1. The number of hydrogen-bond acceptors (Lipinski definition) is 5. The van der Waals surface area contributed by atoms with Gasteiger partial charge in [-0.15, -0.1) is 0 Å². The van der Waals surface area contributed by atoms with Crippen molar-refractivity contribution in [1.29, 1.82) is 0 Å². The van der Waals surface area contributed by atoms with E-state index in [1.807, 2.05) is 32.0 Å². The zero-order valence-corrected chi connectivity index (χ0v) is 13.8. The molecule has 23 heavy (non-hydrogen) atoms. The number of carbonyl (C=O) groups is 1. The van der Waals surface area contributed by atoms with Crippen LogP contribution in [0.1, 0.15) is 28.0 Å². The van der Waals surface area contributed by atoms with Gasteiger partial charge in [0.1, 0.15) is 0 Å². The van der Waals surface area contributed by atoms with Gasteiger partial charge in [-0.05, 0) is 37.5 Å². The monoisotopic (exact) mass is 334 g/mol. The first-order valence-corrected chi connectivity index (χ1v) is 9.22. The van der Waals surface area contributed by atoms with Crippen LogP contribution in [0.3, 0.4) is 0 Å². The summed E-state index contributed by atoms with van der Waals surface area (Å²) in [6.45, 7) is 4.03. The molecule has 0 aliphatic carbocycles. The zero-order valence-electron chi connectivity index (χ0n) is 13.0. The van der Waals surface area contributed by atoms with Crippen LogP contribution in [0.15, 0.2) is 28.8 Å². The number of nitrogens with zero attached hydrogens (tertiary/aromatic N) is 1. The van der Waals surface area contributed by atoms with Crippen molar-refractivity contribution in [1.82, 2.24) is 10.5 Å². The van der Waals surface area contributed by atoms with Crippen LogP contribution in [0, 0.1) is 13.8 Å². The second kappa shape index (κ2) is 5.81. The number of hydrogen-bond donors (Lipinski definition) is 1. The van der Waals surface area contributed by atoms with Crippen LogP contribution in [-0.4, -0.2) is 37.0 Å². The Hall–Kier alpha value is -2.15. The van der Waals surface area contributed by atoms with Crippen molar-refractivity contribution >= 4 is 15.7 Å². The van der Waals surface area contributed by atoms with Crippen molar-refractivity contribution in [2.45, 2.75) is 26.3 Å². The molecule has 1 atom stereocenters. The molecule has 0 radical (unpaired) electrons. The Morgan fingerprint density at radius 1 is 1.26 bits per heavy atom. The van der Waals surface area contributed by atoms with Crippen molar-refractivity contribution in [2.75, 3.05) is 11.5 Å². The van der Waals surface area contributed by atoms with Gasteiger partial charge in [-0.25, -0.2) is 8.42 Å². The minimum atomic E-state index is -3.03. The van der Waals surface area contributed by atoms with E-state index in [0.717, 1.165) is 11.1 Å². The summed E-state index contributed by atoms with van der Waals surface area (Å²) < 4.78 is 28.1. The highest BCUT2D eigenvalue weighted by Gasteiger charge is 2.29. The highest BCUT2D eigenvalue weighted by atomic mass is 32.2. The molecule has 0 spiro atoms. The molecule has 2 aromatic rings. The number of aromatic nitrogens is 1. The highest BCUT2D eigenvalue weighted by Crippen LogP contribution is 2.23. The third-order valence-electron chi connectivity index (χ3n) is 4.10. The number of nitrogens with one attached hydrogen (secondary N) is 1. The molecular weight excluding hydrogens is 316 g/mol. The molecule has 0 saturated carbocycles. The summed E-state index contributed by atoms with van der Waals surface area (Å²) in [4.78, 5) is 12.1. The maximum atomic E-state index is 12.1. The minimum absolute atomic E-state index is 0.0133. The van der Waals surface area contributed by atoms with Crippen LogP contribution >= 0.6 is 0 Å². The van der Waals surface area contributed by atoms with Gasteiger partial charge in [0, 0.05) is 17.7 Å². The lowest BCUT2D eigenvalue weighted by Gasteiger charge is -2.08. The lowest BCUT2D eigenvalue weighted by atomic mass is 10.0. The second-order valence-corrected chi connectivity index (χ2v) is 8.18. The van der Waals surface area contributed by atoms with E-state index < -0.39 is 15.7 Å². The molecule has 1 saturated heterocycles. The van der Waals surface area contributed by atoms with Gasteiger partial charge in [0.15, 0.2) is 21.3 Å². The van der Waals surface area contributed by atoms with Crippen LogP contribution < -0.4 is 5.32 Å². The summed E-state index contributed by atoms with van der Waals surface area (Å²) in [5, 5.41) is 6.48. The lowest BCUT2D eigenvalue weighted by Crippen LogP contribution is -2.35. The summed E-state index contributed by atoms with van der Waals surface area (Å²) in [7, 11) is -3.03. The zero-order chi connectivity index (χ0) is 16.6. The molecule has 1 amide bonds. The Morgan fingerprint density at radius 2 is 2.04 bits per heavy atom. The molecule has 1 aromatic heterocycles. The summed E-state index contributed by atoms with van der Waals surface area (Å²) >= 11 is 0. The predicted molar refractivity (Wildman–Crippen MR) is 85.9 cm³/mol. The summed E-state index contributed by atoms with van der Waals surface area (Å²) in [6.07, 6.45) is 0.440. The maximum Gasteiger partial charge on any atom is 0.273 e. The Bertz CT molecular complexity index is 855. The second-order valence-electron chi connectivity index (χ2n) is 5.95. The normalized spacial score (nSPS) is 19.7. The van der Waals surface area contributed by atoms with Crippen molar-refractivity contribution < 1.29 is 17.7 Å². The molecular formula is C16H18N2O4S. The van der Waals surface area contributed by atoms with E-state index in [1.165, 1.54) is 5.56 Å². The van der Waals surface area contributed by atoms with Crippen molar-refractivity contribution in [3.8, 4) is 11.3 Å². The van der Waals surface area contributed by atoms with E-state index in [1.54, 1.807) is 6.07 Å². The van der Waals surface area contributed by atoms with Crippen molar-refractivity contribution in [3.05, 3.63) is 41.1 Å². The fraction of sp³-hybridized carbons (Fsp3) is 0.375. The van der Waals surface area contributed by atoms with E-state index >= 15 is 0 Å². The summed E-state index contributed by atoms with van der Waals surface area (Å²) in [5.41, 5.74) is 3.31.